The fourth-order valence-electron chi connectivity index (χ4n) is 3.21. The molecule has 2 aliphatic heterocycles. The number of hydrogen-bond acceptors (Lipinski definition) is 4. The van der Waals surface area contributed by atoms with Crippen LogP contribution in [0.15, 0.2) is 24.3 Å². The Morgan fingerprint density at radius 3 is 2.62 bits per heavy atom. The molecule has 1 aromatic carbocycles. The summed E-state index contributed by atoms with van der Waals surface area (Å²) in [5, 5.41) is 3.00. The van der Waals surface area contributed by atoms with E-state index in [4.69, 9.17) is 9.47 Å². The molecule has 1 aromatic rings. The van der Waals surface area contributed by atoms with Crippen LogP contribution in [-0.2, 0) is 4.74 Å². The van der Waals surface area contributed by atoms with Gasteiger partial charge in [-0.05, 0) is 44.0 Å². The Morgan fingerprint density at radius 1 is 1.25 bits per heavy atom. The summed E-state index contributed by atoms with van der Waals surface area (Å²) >= 11 is 0. The highest BCUT2D eigenvalue weighted by atomic mass is 16.5. The van der Waals surface area contributed by atoms with Crippen molar-refractivity contribution in [2.75, 3.05) is 50.8 Å². The lowest BCUT2D eigenvalue weighted by molar-refractivity contribution is 0.108. The van der Waals surface area contributed by atoms with Crippen molar-refractivity contribution < 1.29 is 14.3 Å². The monoisotopic (exact) mass is 333 g/mol. The molecular weight excluding hydrogens is 306 g/mol. The molecule has 2 heterocycles. The van der Waals surface area contributed by atoms with Gasteiger partial charge in [0.05, 0.1) is 12.7 Å². The van der Waals surface area contributed by atoms with E-state index in [2.05, 4.69) is 22.3 Å². The third-order valence-electron chi connectivity index (χ3n) is 4.58. The Labute approximate surface area is 143 Å². The second-order valence-corrected chi connectivity index (χ2v) is 6.22. The third kappa shape index (κ3) is 4.32. The van der Waals surface area contributed by atoms with Gasteiger partial charge >= 0.3 is 6.03 Å². The second-order valence-electron chi connectivity index (χ2n) is 6.22. The SMILES string of the molecule is CCOc1ccc(N2CCN(C(=O)NCC3CCCO3)CC2)cc1. The van der Waals surface area contributed by atoms with Crippen LogP contribution >= 0.6 is 0 Å². The number of carbonyl (C=O) groups is 1. The van der Waals surface area contributed by atoms with E-state index in [1.54, 1.807) is 0 Å². The molecule has 2 aliphatic rings. The molecule has 24 heavy (non-hydrogen) atoms. The summed E-state index contributed by atoms with van der Waals surface area (Å²) < 4.78 is 11.0. The Morgan fingerprint density at radius 2 is 2.00 bits per heavy atom. The van der Waals surface area contributed by atoms with Crippen molar-refractivity contribution in [2.45, 2.75) is 25.9 Å². The van der Waals surface area contributed by atoms with E-state index < -0.39 is 0 Å². The first-order chi connectivity index (χ1) is 11.8. The van der Waals surface area contributed by atoms with Crippen LogP contribution in [0.4, 0.5) is 10.5 Å². The maximum absolute atomic E-state index is 12.2. The Kier molecular flexibility index (Phi) is 5.80. The molecule has 2 fully saturated rings. The normalized spacial score (nSPS) is 21.0. The Balaban J connectivity index is 1.43. The van der Waals surface area contributed by atoms with Crippen LogP contribution in [0.2, 0.25) is 0 Å². The lowest BCUT2D eigenvalue weighted by atomic mass is 10.2. The summed E-state index contributed by atoms with van der Waals surface area (Å²) in [6.07, 6.45) is 2.34. The minimum Gasteiger partial charge on any atom is -0.494 e. The van der Waals surface area contributed by atoms with Crippen LogP contribution in [0.3, 0.4) is 0 Å². The first-order valence-corrected chi connectivity index (χ1v) is 8.88. The van der Waals surface area contributed by atoms with E-state index in [1.807, 2.05) is 24.0 Å². The molecule has 0 saturated carbocycles. The van der Waals surface area contributed by atoms with Gasteiger partial charge in [-0.1, -0.05) is 0 Å². The van der Waals surface area contributed by atoms with Crippen molar-refractivity contribution in [2.24, 2.45) is 0 Å². The van der Waals surface area contributed by atoms with Crippen LogP contribution < -0.4 is 15.0 Å². The Hall–Kier alpha value is -1.95. The minimum absolute atomic E-state index is 0.0249. The Bertz CT molecular complexity index is 521. The van der Waals surface area contributed by atoms with Crippen molar-refractivity contribution in [1.29, 1.82) is 0 Å². The molecule has 6 heteroatoms. The zero-order chi connectivity index (χ0) is 16.8. The number of hydrogen-bond donors (Lipinski definition) is 1. The summed E-state index contributed by atoms with van der Waals surface area (Å²) in [4.78, 5) is 16.4. The average molecular weight is 333 g/mol. The molecular formula is C18H27N3O3. The van der Waals surface area contributed by atoms with E-state index in [0.717, 1.165) is 51.4 Å². The molecule has 6 nitrogen and oxygen atoms in total. The van der Waals surface area contributed by atoms with Gasteiger partial charge in [0, 0.05) is 45.0 Å². The van der Waals surface area contributed by atoms with Gasteiger partial charge in [0.15, 0.2) is 0 Å². The lowest BCUT2D eigenvalue weighted by Gasteiger charge is -2.36. The van der Waals surface area contributed by atoms with Crippen LogP contribution in [0, 0.1) is 0 Å². The molecule has 1 N–H and O–H groups in total. The quantitative estimate of drug-likeness (QED) is 0.896. The first-order valence-electron chi connectivity index (χ1n) is 8.88. The number of nitrogens with zero attached hydrogens (tertiary/aromatic N) is 2. The molecule has 3 rings (SSSR count). The van der Waals surface area contributed by atoms with Gasteiger partial charge in [-0.3, -0.25) is 0 Å². The smallest absolute Gasteiger partial charge is 0.317 e. The average Bonchev–Trinajstić information content (AvgIpc) is 3.14. The van der Waals surface area contributed by atoms with Crippen molar-refractivity contribution in [3.05, 3.63) is 24.3 Å². The molecule has 2 saturated heterocycles. The van der Waals surface area contributed by atoms with Gasteiger partial charge in [-0.15, -0.1) is 0 Å². The molecule has 1 atom stereocenters. The van der Waals surface area contributed by atoms with Crippen molar-refractivity contribution in [1.82, 2.24) is 10.2 Å². The minimum atomic E-state index is 0.0249. The first kappa shape index (κ1) is 16.9. The van der Waals surface area contributed by atoms with Crippen LogP contribution in [0.5, 0.6) is 5.75 Å². The number of benzene rings is 1. The number of urea groups is 1. The summed E-state index contributed by atoms with van der Waals surface area (Å²) in [5.41, 5.74) is 1.18. The van der Waals surface area contributed by atoms with Crippen LogP contribution in [0.25, 0.3) is 0 Å². The molecule has 0 bridgehead atoms. The maximum Gasteiger partial charge on any atom is 0.317 e. The second kappa shape index (κ2) is 8.24. The van der Waals surface area contributed by atoms with Crippen LogP contribution in [0.1, 0.15) is 19.8 Å². The number of ether oxygens (including phenoxy) is 2. The summed E-state index contributed by atoms with van der Waals surface area (Å²) in [6.45, 7) is 7.28. The number of piperazine rings is 1. The van der Waals surface area contributed by atoms with E-state index in [9.17, 15) is 4.79 Å². The van der Waals surface area contributed by atoms with E-state index in [0.29, 0.717) is 13.2 Å². The van der Waals surface area contributed by atoms with Gasteiger partial charge in [0.25, 0.3) is 0 Å². The van der Waals surface area contributed by atoms with E-state index >= 15 is 0 Å². The molecule has 2 amide bonds. The fraction of sp³-hybridized carbons (Fsp3) is 0.611. The van der Waals surface area contributed by atoms with Gasteiger partial charge in [0.2, 0.25) is 0 Å². The van der Waals surface area contributed by atoms with Crippen LogP contribution in [-0.4, -0.2) is 63.0 Å². The largest absolute Gasteiger partial charge is 0.494 e. The van der Waals surface area contributed by atoms with Crippen molar-refractivity contribution in [3.63, 3.8) is 0 Å². The number of anilines is 1. The van der Waals surface area contributed by atoms with E-state index in [-0.39, 0.29) is 12.1 Å². The fourth-order valence-corrected chi connectivity index (χ4v) is 3.21. The van der Waals surface area contributed by atoms with Crippen molar-refractivity contribution in [3.8, 4) is 5.75 Å². The molecule has 0 aliphatic carbocycles. The number of nitrogens with one attached hydrogen (secondary N) is 1. The highest BCUT2D eigenvalue weighted by Crippen LogP contribution is 2.20. The third-order valence-corrected chi connectivity index (χ3v) is 4.58. The van der Waals surface area contributed by atoms with Gasteiger partial charge in [-0.25, -0.2) is 4.79 Å². The highest BCUT2D eigenvalue weighted by Gasteiger charge is 2.23. The van der Waals surface area contributed by atoms with Gasteiger partial charge in [0.1, 0.15) is 5.75 Å². The molecule has 0 spiro atoms. The zero-order valence-corrected chi connectivity index (χ0v) is 14.4. The van der Waals surface area contributed by atoms with Gasteiger partial charge < -0.3 is 24.6 Å². The molecule has 1 unspecified atom stereocenters. The van der Waals surface area contributed by atoms with Gasteiger partial charge in [-0.2, -0.15) is 0 Å². The van der Waals surface area contributed by atoms with Crippen molar-refractivity contribution >= 4 is 11.7 Å². The molecule has 0 radical (unpaired) electrons. The summed E-state index contributed by atoms with van der Waals surface area (Å²) in [5.74, 6) is 0.897. The van der Waals surface area contributed by atoms with E-state index in [1.165, 1.54) is 5.69 Å². The zero-order valence-electron chi connectivity index (χ0n) is 14.4. The predicted molar refractivity (Wildman–Crippen MR) is 93.8 cm³/mol. The number of rotatable bonds is 5. The summed E-state index contributed by atoms with van der Waals surface area (Å²) in [6, 6.07) is 8.19. The molecule has 132 valence electrons. The highest BCUT2D eigenvalue weighted by molar-refractivity contribution is 5.74. The number of amides is 2. The lowest BCUT2D eigenvalue weighted by Crippen LogP contribution is -2.52. The number of carbonyl (C=O) groups excluding carboxylic acids is 1. The summed E-state index contributed by atoms with van der Waals surface area (Å²) in [7, 11) is 0. The standard InChI is InChI=1S/C18H27N3O3/c1-2-23-16-7-5-15(6-8-16)20-9-11-21(12-10-20)18(22)19-14-17-4-3-13-24-17/h5-8,17H,2-4,9-14H2,1H3,(H,19,22). The predicted octanol–water partition coefficient (Wildman–Crippen LogP) is 2.10. The topological polar surface area (TPSA) is 54.0 Å². The molecule has 0 aromatic heterocycles. The maximum atomic E-state index is 12.2.